The number of ether oxygens (including phenoxy) is 1. The maximum Gasteiger partial charge on any atom is 0.412 e. The maximum atomic E-state index is 11.3. The summed E-state index contributed by atoms with van der Waals surface area (Å²) in [5, 5.41) is 2.54. The van der Waals surface area contributed by atoms with Gasteiger partial charge in [-0.05, 0) is 23.1 Å². The molecule has 94 valence electrons. The van der Waals surface area contributed by atoms with Gasteiger partial charge in [0.25, 0.3) is 0 Å². The summed E-state index contributed by atoms with van der Waals surface area (Å²) in [6.07, 6.45) is -0.473. The van der Waals surface area contributed by atoms with Crippen molar-refractivity contribution in [2.24, 2.45) is 5.73 Å². The highest BCUT2D eigenvalue weighted by atomic mass is 16.5. The van der Waals surface area contributed by atoms with Crippen LogP contribution in [0.25, 0.3) is 0 Å². The molecule has 0 aromatic heterocycles. The van der Waals surface area contributed by atoms with E-state index < -0.39 is 6.09 Å². The predicted molar refractivity (Wildman–Crippen MR) is 68.2 cm³/mol. The van der Waals surface area contributed by atoms with Crippen LogP contribution >= 0.6 is 0 Å². The minimum atomic E-state index is -0.473. The minimum absolute atomic E-state index is 0.0976. The molecule has 1 aromatic carbocycles. The SMILES string of the molecule is CC(C)(C)c1ccc(OC(=O)NCCN)cc1. The van der Waals surface area contributed by atoms with Gasteiger partial charge in [0.15, 0.2) is 0 Å². The van der Waals surface area contributed by atoms with Gasteiger partial charge in [0.2, 0.25) is 0 Å². The second kappa shape index (κ2) is 5.68. The molecule has 1 amide bonds. The highest BCUT2D eigenvalue weighted by Gasteiger charge is 2.13. The zero-order valence-corrected chi connectivity index (χ0v) is 10.6. The lowest BCUT2D eigenvalue weighted by Crippen LogP contribution is -2.31. The molecule has 0 saturated heterocycles. The zero-order chi connectivity index (χ0) is 12.9. The van der Waals surface area contributed by atoms with Crippen molar-refractivity contribution in [1.29, 1.82) is 0 Å². The Balaban J connectivity index is 2.60. The fraction of sp³-hybridized carbons (Fsp3) is 0.462. The number of rotatable bonds is 3. The zero-order valence-electron chi connectivity index (χ0n) is 10.6. The Bertz CT molecular complexity index is 366. The van der Waals surface area contributed by atoms with Crippen molar-refractivity contribution >= 4 is 6.09 Å². The third kappa shape index (κ3) is 4.44. The van der Waals surface area contributed by atoms with E-state index in [0.29, 0.717) is 18.8 Å². The van der Waals surface area contributed by atoms with E-state index in [-0.39, 0.29) is 5.41 Å². The smallest absolute Gasteiger partial charge is 0.410 e. The quantitative estimate of drug-likeness (QED) is 0.844. The number of carbonyl (C=O) groups excluding carboxylic acids is 1. The lowest BCUT2D eigenvalue weighted by Gasteiger charge is -2.18. The van der Waals surface area contributed by atoms with Crippen LogP contribution < -0.4 is 15.8 Å². The second-order valence-corrected chi connectivity index (χ2v) is 4.88. The van der Waals surface area contributed by atoms with Gasteiger partial charge in [0.05, 0.1) is 0 Å². The lowest BCUT2D eigenvalue weighted by atomic mass is 9.87. The first-order chi connectivity index (χ1) is 7.93. The molecule has 4 heteroatoms. The van der Waals surface area contributed by atoms with E-state index in [0.717, 1.165) is 0 Å². The lowest BCUT2D eigenvalue weighted by molar-refractivity contribution is 0.201. The third-order valence-corrected chi connectivity index (χ3v) is 2.34. The van der Waals surface area contributed by atoms with Gasteiger partial charge in [-0.1, -0.05) is 32.9 Å². The van der Waals surface area contributed by atoms with Crippen LogP contribution in [0.1, 0.15) is 26.3 Å². The number of benzene rings is 1. The van der Waals surface area contributed by atoms with Gasteiger partial charge in [0, 0.05) is 13.1 Å². The molecule has 0 unspecified atom stereocenters. The molecule has 17 heavy (non-hydrogen) atoms. The molecule has 0 radical (unpaired) electrons. The van der Waals surface area contributed by atoms with Gasteiger partial charge in [-0.25, -0.2) is 4.79 Å². The van der Waals surface area contributed by atoms with E-state index in [2.05, 4.69) is 26.1 Å². The van der Waals surface area contributed by atoms with Gasteiger partial charge in [-0.3, -0.25) is 0 Å². The summed E-state index contributed by atoms with van der Waals surface area (Å²) in [4.78, 5) is 11.3. The van der Waals surface area contributed by atoms with Crippen molar-refractivity contribution in [2.45, 2.75) is 26.2 Å². The molecule has 1 rings (SSSR count). The van der Waals surface area contributed by atoms with Gasteiger partial charge < -0.3 is 15.8 Å². The molecule has 0 spiro atoms. The number of hydrogen-bond donors (Lipinski definition) is 2. The largest absolute Gasteiger partial charge is 0.412 e. The van der Waals surface area contributed by atoms with Gasteiger partial charge in [-0.15, -0.1) is 0 Å². The van der Waals surface area contributed by atoms with Crippen LogP contribution in [0.15, 0.2) is 24.3 Å². The van der Waals surface area contributed by atoms with Crippen LogP contribution in [0, 0.1) is 0 Å². The number of nitrogens with two attached hydrogens (primary N) is 1. The Hall–Kier alpha value is -1.55. The summed E-state index contributed by atoms with van der Waals surface area (Å²) in [5.74, 6) is 0.535. The third-order valence-electron chi connectivity index (χ3n) is 2.34. The Morgan fingerprint density at radius 1 is 1.29 bits per heavy atom. The minimum Gasteiger partial charge on any atom is -0.410 e. The molecule has 1 aromatic rings. The average Bonchev–Trinajstić information content (AvgIpc) is 2.26. The molecule has 0 saturated carbocycles. The first-order valence-electron chi connectivity index (χ1n) is 5.70. The van der Waals surface area contributed by atoms with E-state index in [9.17, 15) is 4.79 Å². The Morgan fingerprint density at radius 2 is 1.88 bits per heavy atom. The summed E-state index contributed by atoms with van der Waals surface area (Å²) < 4.78 is 5.08. The van der Waals surface area contributed by atoms with Crippen molar-refractivity contribution in [3.8, 4) is 5.75 Å². The van der Waals surface area contributed by atoms with E-state index in [1.54, 1.807) is 12.1 Å². The Labute approximate surface area is 102 Å². The first-order valence-corrected chi connectivity index (χ1v) is 5.70. The Kier molecular flexibility index (Phi) is 4.52. The van der Waals surface area contributed by atoms with Crippen LogP contribution in [0.2, 0.25) is 0 Å². The molecule has 0 fully saturated rings. The predicted octanol–water partition coefficient (Wildman–Crippen LogP) is 2.03. The molecule has 3 N–H and O–H groups in total. The van der Waals surface area contributed by atoms with Crippen molar-refractivity contribution in [2.75, 3.05) is 13.1 Å². The summed E-state index contributed by atoms with van der Waals surface area (Å²) >= 11 is 0. The molecular weight excluding hydrogens is 216 g/mol. The van der Waals surface area contributed by atoms with E-state index >= 15 is 0 Å². The van der Waals surface area contributed by atoms with Crippen molar-refractivity contribution in [3.63, 3.8) is 0 Å². The standard InChI is InChI=1S/C13H20N2O2/c1-13(2,3)10-4-6-11(7-5-10)17-12(16)15-9-8-14/h4-7H,8-9,14H2,1-3H3,(H,15,16). The van der Waals surface area contributed by atoms with E-state index in [1.807, 2.05) is 12.1 Å². The fourth-order valence-electron chi connectivity index (χ4n) is 1.34. The highest BCUT2D eigenvalue weighted by Crippen LogP contribution is 2.24. The molecular formula is C13H20N2O2. The van der Waals surface area contributed by atoms with Gasteiger partial charge >= 0.3 is 6.09 Å². The number of nitrogens with one attached hydrogen (secondary N) is 1. The molecule has 0 aliphatic carbocycles. The number of amides is 1. The normalized spacial score (nSPS) is 11.1. The van der Waals surface area contributed by atoms with Crippen LogP contribution in [0.3, 0.4) is 0 Å². The highest BCUT2D eigenvalue weighted by molar-refractivity contribution is 5.70. The van der Waals surface area contributed by atoms with Crippen molar-refractivity contribution in [3.05, 3.63) is 29.8 Å². The monoisotopic (exact) mass is 236 g/mol. The van der Waals surface area contributed by atoms with Crippen molar-refractivity contribution in [1.82, 2.24) is 5.32 Å². The van der Waals surface area contributed by atoms with Crippen molar-refractivity contribution < 1.29 is 9.53 Å². The second-order valence-electron chi connectivity index (χ2n) is 4.88. The number of carbonyl (C=O) groups is 1. The average molecular weight is 236 g/mol. The molecule has 0 aliphatic heterocycles. The first kappa shape index (κ1) is 13.5. The fourth-order valence-corrected chi connectivity index (χ4v) is 1.34. The maximum absolute atomic E-state index is 11.3. The topological polar surface area (TPSA) is 64.3 Å². The molecule has 0 bridgehead atoms. The molecule has 4 nitrogen and oxygen atoms in total. The van der Waals surface area contributed by atoms with Gasteiger partial charge in [0.1, 0.15) is 5.75 Å². The summed E-state index contributed by atoms with van der Waals surface area (Å²) in [5.41, 5.74) is 6.57. The number of hydrogen-bond acceptors (Lipinski definition) is 3. The van der Waals surface area contributed by atoms with Crippen LogP contribution in [-0.4, -0.2) is 19.2 Å². The van der Waals surface area contributed by atoms with E-state index in [1.165, 1.54) is 5.56 Å². The summed E-state index contributed by atoms with van der Waals surface area (Å²) in [6, 6.07) is 7.52. The van der Waals surface area contributed by atoms with Crippen LogP contribution in [0.5, 0.6) is 5.75 Å². The summed E-state index contributed by atoms with van der Waals surface area (Å²) in [7, 11) is 0. The van der Waals surface area contributed by atoms with Crippen LogP contribution in [0.4, 0.5) is 4.79 Å². The van der Waals surface area contributed by atoms with E-state index in [4.69, 9.17) is 10.5 Å². The summed E-state index contributed by atoms with van der Waals surface area (Å²) in [6.45, 7) is 7.22. The molecule has 0 aliphatic rings. The Morgan fingerprint density at radius 3 is 2.35 bits per heavy atom. The van der Waals surface area contributed by atoms with Gasteiger partial charge in [-0.2, -0.15) is 0 Å². The molecule has 0 heterocycles. The van der Waals surface area contributed by atoms with Crippen LogP contribution in [-0.2, 0) is 5.41 Å². The molecule has 0 atom stereocenters.